The molecule has 2 aromatic carbocycles. The van der Waals surface area contributed by atoms with E-state index in [1.165, 1.54) is 14.2 Å². The summed E-state index contributed by atoms with van der Waals surface area (Å²) >= 11 is 5.85. The van der Waals surface area contributed by atoms with Crippen molar-refractivity contribution >= 4 is 44.7 Å². The van der Waals surface area contributed by atoms with Gasteiger partial charge in [0.15, 0.2) is 5.11 Å². The third-order valence-corrected chi connectivity index (χ3v) is 7.41. The van der Waals surface area contributed by atoms with Gasteiger partial charge < -0.3 is 24.3 Å². The van der Waals surface area contributed by atoms with Crippen LogP contribution in [0.4, 0.5) is 11.4 Å². The predicted molar refractivity (Wildman–Crippen MR) is 157 cm³/mol. The molecule has 0 unspecified atom stereocenters. The van der Waals surface area contributed by atoms with Gasteiger partial charge in [0.05, 0.1) is 49.1 Å². The molecule has 0 aliphatic carbocycles. The van der Waals surface area contributed by atoms with Crippen LogP contribution in [0.25, 0.3) is 5.69 Å². The molecule has 12 heteroatoms. The summed E-state index contributed by atoms with van der Waals surface area (Å²) in [6.07, 6.45) is 4.68. The normalized spacial score (nSPS) is 16.9. The van der Waals surface area contributed by atoms with E-state index in [1.54, 1.807) is 36.5 Å². The number of hydrogen-bond acceptors (Lipinski definition) is 7. The number of nitrogens with one attached hydrogen (secondary N) is 2. The van der Waals surface area contributed by atoms with Gasteiger partial charge in [-0.05, 0) is 60.7 Å². The van der Waals surface area contributed by atoms with Gasteiger partial charge >= 0.3 is 5.97 Å². The number of para-hydroxylation sites is 1. The van der Waals surface area contributed by atoms with E-state index in [1.807, 2.05) is 58.1 Å². The van der Waals surface area contributed by atoms with Gasteiger partial charge in [0.25, 0.3) is 0 Å². The number of rotatable bonds is 8. The van der Waals surface area contributed by atoms with E-state index in [0.717, 1.165) is 17.6 Å². The summed E-state index contributed by atoms with van der Waals surface area (Å²) in [4.78, 5) is 19.2. The first-order chi connectivity index (χ1) is 19.2. The first kappa shape index (κ1) is 27.2. The van der Waals surface area contributed by atoms with Crippen molar-refractivity contribution in [1.29, 1.82) is 0 Å². The van der Waals surface area contributed by atoms with Crippen LogP contribution in [0.1, 0.15) is 33.8 Å². The summed E-state index contributed by atoms with van der Waals surface area (Å²) < 4.78 is 38.8. The van der Waals surface area contributed by atoms with E-state index in [-0.39, 0.29) is 6.04 Å². The number of esters is 1. The van der Waals surface area contributed by atoms with Gasteiger partial charge in [0, 0.05) is 29.8 Å². The quantitative estimate of drug-likeness (QED) is 0.235. The van der Waals surface area contributed by atoms with Gasteiger partial charge in [-0.3, -0.25) is 9.71 Å². The Hall–Kier alpha value is -4.42. The number of ether oxygens (including phenoxy) is 2. The van der Waals surface area contributed by atoms with Crippen LogP contribution in [-0.4, -0.2) is 49.5 Å². The van der Waals surface area contributed by atoms with E-state index in [4.69, 9.17) is 21.7 Å². The van der Waals surface area contributed by atoms with E-state index in [2.05, 4.69) is 15.0 Å². The Labute approximate surface area is 237 Å². The molecule has 5 rings (SSSR count). The molecule has 2 atom stereocenters. The number of nitrogens with zero attached hydrogens (tertiary/aromatic N) is 3. The third kappa shape index (κ3) is 5.23. The van der Waals surface area contributed by atoms with Crippen molar-refractivity contribution in [2.45, 2.75) is 12.1 Å². The number of carbonyl (C=O) groups is 1. The summed E-state index contributed by atoms with van der Waals surface area (Å²) in [6.45, 7) is 0. The Morgan fingerprint density at radius 1 is 1.05 bits per heavy atom. The minimum absolute atomic E-state index is 0.306. The molecular formula is C28H27N5O5S2. The molecule has 2 aromatic heterocycles. The van der Waals surface area contributed by atoms with Crippen LogP contribution < -0.4 is 19.7 Å². The molecule has 4 aromatic rings. The van der Waals surface area contributed by atoms with Crippen molar-refractivity contribution in [3.8, 4) is 11.4 Å². The number of thiocarbonyl (C=S) groups is 1. The molecule has 3 heterocycles. The van der Waals surface area contributed by atoms with E-state index in [9.17, 15) is 13.2 Å². The van der Waals surface area contributed by atoms with Crippen molar-refractivity contribution in [3.05, 3.63) is 102 Å². The summed E-state index contributed by atoms with van der Waals surface area (Å²) in [5, 5.41) is 3.86. The molecule has 1 saturated heterocycles. The fourth-order valence-corrected chi connectivity index (χ4v) is 5.78. The zero-order chi connectivity index (χ0) is 28.4. The van der Waals surface area contributed by atoms with Crippen molar-refractivity contribution in [2.24, 2.45) is 0 Å². The van der Waals surface area contributed by atoms with Gasteiger partial charge in [-0.2, -0.15) is 0 Å². The SMILES string of the molecule is COC(=O)c1ccccc1-n1cccc1[C@@H]1[C@H](c2ccccn2)NC(=S)N1c1ccc(NS(C)(=O)=O)c(OC)c1. The zero-order valence-electron chi connectivity index (χ0n) is 21.9. The number of benzene rings is 2. The number of sulfonamides is 1. The van der Waals surface area contributed by atoms with Crippen molar-refractivity contribution < 1.29 is 22.7 Å². The lowest BCUT2D eigenvalue weighted by Crippen LogP contribution is -2.30. The number of pyridine rings is 1. The first-order valence-electron chi connectivity index (χ1n) is 12.2. The highest BCUT2D eigenvalue weighted by molar-refractivity contribution is 7.92. The van der Waals surface area contributed by atoms with E-state index in [0.29, 0.717) is 33.5 Å². The third-order valence-electron chi connectivity index (χ3n) is 6.51. The standard InChI is InChI=1S/C28H27N5O5S2/c1-37-24-17-18(13-14-20(24)31-40(3,35)36)33-26(25(30-28(33)39)21-10-6-7-15-29-21)23-12-8-16-32(23)22-11-5-4-9-19(22)27(34)38-2/h4-17,25-26,31H,1-3H3,(H,30,39)/t25-,26+/m0/s1. The lowest BCUT2D eigenvalue weighted by Gasteiger charge is -2.29. The Morgan fingerprint density at radius 3 is 2.52 bits per heavy atom. The summed E-state index contributed by atoms with van der Waals surface area (Å²) in [5.74, 6) is -0.121. The number of carbonyl (C=O) groups excluding carboxylic acids is 1. The second-order valence-corrected chi connectivity index (χ2v) is 11.2. The van der Waals surface area contributed by atoms with Gasteiger partial charge in [-0.15, -0.1) is 0 Å². The van der Waals surface area contributed by atoms with Crippen molar-refractivity contribution in [3.63, 3.8) is 0 Å². The lowest BCUT2D eigenvalue weighted by molar-refractivity contribution is 0.0600. The van der Waals surface area contributed by atoms with Crippen LogP contribution >= 0.6 is 12.2 Å². The maximum Gasteiger partial charge on any atom is 0.339 e. The number of anilines is 2. The number of hydrogen-bond donors (Lipinski definition) is 2. The van der Waals surface area contributed by atoms with Crippen LogP contribution in [0.2, 0.25) is 0 Å². The molecule has 0 amide bonds. The van der Waals surface area contributed by atoms with Gasteiger partial charge in [0.1, 0.15) is 11.8 Å². The van der Waals surface area contributed by atoms with Crippen LogP contribution in [0.5, 0.6) is 5.75 Å². The highest BCUT2D eigenvalue weighted by atomic mass is 32.2. The minimum Gasteiger partial charge on any atom is -0.494 e. The molecule has 206 valence electrons. The molecule has 1 aliphatic rings. The summed E-state index contributed by atoms with van der Waals surface area (Å²) in [6, 6.07) is 21.1. The fourth-order valence-electron chi connectivity index (χ4n) is 4.87. The zero-order valence-corrected chi connectivity index (χ0v) is 23.6. The Bertz CT molecular complexity index is 1670. The van der Waals surface area contributed by atoms with Gasteiger partial charge in [0.2, 0.25) is 10.0 Å². The van der Waals surface area contributed by atoms with Crippen LogP contribution in [0.3, 0.4) is 0 Å². The monoisotopic (exact) mass is 577 g/mol. The van der Waals surface area contributed by atoms with E-state index >= 15 is 0 Å². The highest BCUT2D eigenvalue weighted by Crippen LogP contribution is 2.44. The maximum atomic E-state index is 12.6. The van der Waals surface area contributed by atoms with Crippen LogP contribution in [-0.2, 0) is 14.8 Å². The minimum atomic E-state index is -3.52. The molecule has 0 radical (unpaired) electrons. The Balaban J connectivity index is 1.67. The van der Waals surface area contributed by atoms with E-state index < -0.39 is 22.0 Å². The number of aromatic nitrogens is 2. The molecule has 40 heavy (non-hydrogen) atoms. The van der Waals surface area contributed by atoms with Crippen LogP contribution in [0, 0.1) is 0 Å². The second kappa shape index (κ2) is 11.0. The summed E-state index contributed by atoms with van der Waals surface area (Å²) in [7, 11) is -0.705. The predicted octanol–water partition coefficient (Wildman–Crippen LogP) is 4.22. The smallest absolute Gasteiger partial charge is 0.339 e. The highest BCUT2D eigenvalue weighted by Gasteiger charge is 2.42. The van der Waals surface area contributed by atoms with Crippen molar-refractivity contribution in [2.75, 3.05) is 30.1 Å². The molecule has 0 spiro atoms. The van der Waals surface area contributed by atoms with Gasteiger partial charge in [-0.1, -0.05) is 18.2 Å². The maximum absolute atomic E-state index is 12.6. The molecule has 1 fully saturated rings. The largest absolute Gasteiger partial charge is 0.494 e. The first-order valence-corrected chi connectivity index (χ1v) is 14.5. The topological polar surface area (TPSA) is 115 Å². The lowest BCUT2D eigenvalue weighted by atomic mass is 10.00. The molecule has 2 N–H and O–H groups in total. The Morgan fingerprint density at radius 2 is 1.82 bits per heavy atom. The van der Waals surface area contributed by atoms with Crippen LogP contribution in [0.15, 0.2) is 85.2 Å². The average Bonchev–Trinajstić information content (AvgIpc) is 3.56. The molecule has 0 bridgehead atoms. The molecule has 0 saturated carbocycles. The van der Waals surface area contributed by atoms with Crippen molar-refractivity contribution in [1.82, 2.24) is 14.9 Å². The second-order valence-electron chi connectivity index (χ2n) is 9.07. The summed E-state index contributed by atoms with van der Waals surface area (Å²) in [5.41, 5.74) is 3.64. The fraction of sp³-hybridized carbons (Fsp3) is 0.179. The van der Waals surface area contributed by atoms with Gasteiger partial charge in [-0.25, -0.2) is 13.2 Å². The molecule has 1 aliphatic heterocycles. The molecular weight excluding hydrogens is 550 g/mol. The number of methoxy groups -OCH3 is 2. The molecule has 10 nitrogen and oxygen atoms in total. The Kier molecular flexibility index (Phi) is 7.46. The average molecular weight is 578 g/mol.